The van der Waals surface area contributed by atoms with Gasteiger partial charge in [0.25, 0.3) is 11.1 Å². The zero-order valence-corrected chi connectivity index (χ0v) is 16.8. The van der Waals surface area contributed by atoms with Gasteiger partial charge in [-0.15, -0.1) is 0 Å². The van der Waals surface area contributed by atoms with Crippen molar-refractivity contribution in [2.75, 3.05) is 0 Å². The second-order valence-corrected chi connectivity index (χ2v) is 8.92. The molecule has 0 atom stereocenters. The van der Waals surface area contributed by atoms with E-state index < -0.39 is 17.0 Å². The standard InChI is InChI=1S/C21H28N2O4/c1-20(2,3)14-11-13(12-15(19(14)27)21(4,5)6)7-9-17(25)23-18(26)10-8-16(24)22-23/h8,10-12,27H,7,9H2,1-6H3,(H,22,24). The molecule has 0 unspecified atom stereocenters. The molecule has 0 amide bonds. The van der Waals surface area contributed by atoms with Crippen molar-refractivity contribution in [3.63, 3.8) is 0 Å². The second kappa shape index (κ2) is 7.18. The van der Waals surface area contributed by atoms with Crippen LogP contribution >= 0.6 is 0 Å². The van der Waals surface area contributed by atoms with Crippen LogP contribution in [0.5, 0.6) is 5.75 Å². The van der Waals surface area contributed by atoms with E-state index in [1.165, 1.54) is 0 Å². The third-order valence-electron chi connectivity index (χ3n) is 4.48. The molecule has 146 valence electrons. The SMILES string of the molecule is CC(C)(C)c1cc(CCC(=O)n2[nH]c(=O)ccc2=O)cc(C(C)(C)C)c1O. The fourth-order valence-corrected chi connectivity index (χ4v) is 2.95. The van der Waals surface area contributed by atoms with Crippen LogP contribution in [0.25, 0.3) is 0 Å². The first-order valence-corrected chi connectivity index (χ1v) is 9.03. The van der Waals surface area contributed by atoms with Crippen LogP contribution in [0.2, 0.25) is 0 Å². The van der Waals surface area contributed by atoms with Crippen LogP contribution in [0.1, 0.15) is 69.4 Å². The molecule has 0 aliphatic carbocycles. The lowest BCUT2D eigenvalue weighted by molar-refractivity contribution is 0.0879. The van der Waals surface area contributed by atoms with Gasteiger partial charge < -0.3 is 5.11 Å². The molecule has 0 bridgehead atoms. The molecule has 0 saturated heterocycles. The number of nitrogens with zero attached hydrogens (tertiary/aromatic N) is 1. The first-order valence-electron chi connectivity index (χ1n) is 9.03. The molecule has 27 heavy (non-hydrogen) atoms. The Balaban J connectivity index is 2.39. The molecule has 2 rings (SSSR count). The summed E-state index contributed by atoms with van der Waals surface area (Å²) in [7, 11) is 0. The van der Waals surface area contributed by atoms with Gasteiger partial charge in [0.2, 0.25) is 5.91 Å². The number of aromatic hydroxyl groups is 1. The summed E-state index contributed by atoms with van der Waals surface area (Å²) in [5.41, 5.74) is 0.971. The minimum absolute atomic E-state index is 0.0673. The highest BCUT2D eigenvalue weighted by Crippen LogP contribution is 2.39. The number of benzene rings is 1. The average Bonchev–Trinajstić information content (AvgIpc) is 2.53. The summed E-state index contributed by atoms with van der Waals surface area (Å²) in [6, 6.07) is 5.99. The molecule has 1 heterocycles. The Morgan fingerprint density at radius 2 is 1.52 bits per heavy atom. The number of aryl methyl sites for hydroxylation is 1. The van der Waals surface area contributed by atoms with E-state index in [1.54, 1.807) is 0 Å². The maximum atomic E-state index is 12.4. The summed E-state index contributed by atoms with van der Waals surface area (Å²) in [5.74, 6) is -0.186. The van der Waals surface area contributed by atoms with Crippen LogP contribution in [-0.4, -0.2) is 20.8 Å². The van der Waals surface area contributed by atoms with Crippen LogP contribution < -0.4 is 11.1 Å². The molecule has 0 spiro atoms. The van der Waals surface area contributed by atoms with Gasteiger partial charge in [-0.25, -0.2) is 0 Å². The lowest BCUT2D eigenvalue weighted by Crippen LogP contribution is -2.33. The molecule has 6 heteroatoms. The lowest BCUT2D eigenvalue weighted by atomic mass is 9.78. The summed E-state index contributed by atoms with van der Waals surface area (Å²) < 4.78 is 0.748. The van der Waals surface area contributed by atoms with Crippen LogP contribution in [0.15, 0.2) is 33.9 Å². The highest BCUT2D eigenvalue weighted by Gasteiger charge is 2.26. The largest absolute Gasteiger partial charge is 0.507 e. The summed E-state index contributed by atoms with van der Waals surface area (Å²) >= 11 is 0. The Bertz CT molecular complexity index is 934. The van der Waals surface area contributed by atoms with Crippen LogP contribution in [0, 0.1) is 0 Å². The van der Waals surface area contributed by atoms with E-state index in [2.05, 4.69) is 5.10 Å². The molecule has 0 radical (unpaired) electrons. The molecule has 0 aliphatic heterocycles. The fraction of sp³-hybridized carbons (Fsp3) is 0.476. The predicted molar refractivity (Wildman–Crippen MR) is 106 cm³/mol. The number of rotatable bonds is 3. The summed E-state index contributed by atoms with van der Waals surface area (Å²) in [5, 5.41) is 13.0. The van der Waals surface area contributed by atoms with Crippen molar-refractivity contribution in [1.29, 1.82) is 0 Å². The van der Waals surface area contributed by atoms with Gasteiger partial charge in [0.1, 0.15) is 5.75 Å². The van der Waals surface area contributed by atoms with Gasteiger partial charge >= 0.3 is 0 Å². The maximum Gasteiger partial charge on any atom is 0.272 e. The van der Waals surface area contributed by atoms with Crippen LogP contribution in [0.4, 0.5) is 0 Å². The molecular weight excluding hydrogens is 344 g/mol. The molecule has 0 saturated carbocycles. The number of phenols is 1. The molecular formula is C21H28N2O4. The maximum absolute atomic E-state index is 12.4. The van der Waals surface area contributed by atoms with E-state index in [0.717, 1.165) is 33.5 Å². The van der Waals surface area contributed by atoms with Gasteiger partial charge in [-0.2, -0.15) is 4.68 Å². The van der Waals surface area contributed by atoms with E-state index in [9.17, 15) is 19.5 Å². The first kappa shape index (κ1) is 20.7. The van der Waals surface area contributed by atoms with Crippen molar-refractivity contribution in [2.45, 2.75) is 65.2 Å². The predicted octanol–water partition coefficient (Wildman–Crippen LogP) is 3.11. The third-order valence-corrected chi connectivity index (χ3v) is 4.48. The Hall–Kier alpha value is -2.63. The fourth-order valence-electron chi connectivity index (χ4n) is 2.95. The number of hydrogen-bond acceptors (Lipinski definition) is 4. The minimum Gasteiger partial charge on any atom is -0.507 e. The first-order chi connectivity index (χ1) is 12.3. The van der Waals surface area contributed by atoms with Gasteiger partial charge in [0, 0.05) is 18.6 Å². The number of carbonyl (C=O) groups excluding carboxylic acids is 1. The number of aromatic amines is 1. The number of hydrogen-bond donors (Lipinski definition) is 2. The minimum atomic E-state index is -0.559. The number of nitrogens with one attached hydrogen (secondary N) is 1. The van der Waals surface area contributed by atoms with Gasteiger partial charge in [-0.3, -0.25) is 19.5 Å². The smallest absolute Gasteiger partial charge is 0.272 e. The van der Waals surface area contributed by atoms with Gasteiger partial charge in [-0.1, -0.05) is 53.7 Å². The Kier molecular flexibility index (Phi) is 5.50. The molecule has 0 fully saturated rings. The van der Waals surface area contributed by atoms with Gasteiger partial charge in [-0.05, 0) is 33.9 Å². The van der Waals surface area contributed by atoms with E-state index in [0.29, 0.717) is 6.42 Å². The van der Waals surface area contributed by atoms with Crippen LogP contribution in [0.3, 0.4) is 0 Å². The molecule has 0 aliphatic rings. The van der Waals surface area contributed by atoms with Crippen molar-refractivity contribution in [3.8, 4) is 5.75 Å². The van der Waals surface area contributed by atoms with E-state index in [4.69, 9.17) is 0 Å². The van der Waals surface area contributed by atoms with Crippen molar-refractivity contribution in [1.82, 2.24) is 9.78 Å². The zero-order valence-electron chi connectivity index (χ0n) is 16.8. The molecule has 2 N–H and O–H groups in total. The summed E-state index contributed by atoms with van der Waals surface area (Å²) in [6.45, 7) is 12.2. The topological polar surface area (TPSA) is 92.2 Å². The number of aromatic nitrogens is 2. The van der Waals surface area contributed by atoms with Crippen molar-refractivity contribution in [3.05, 3.63) is 61.7 Å². The van der Waals surface area contributed by atoms with E-state index in [-0.39, 0.29) is 23.0 Å². The number of H-pyrrole nitrogens is 1. The summed E-state index contributed by atoms with van der Waals surface area (Å²) in [4.78, 5) is 35.5. The van der Waals surface area contributed by atoms with Crippen molar-refractivity contribution < 1.29 is 9.90 Å². The average molecular weight is 372 g/mol. The second-order valence-electron chi connectivity index (χ2n) is 8.92. The molecule has 6 nitrogen and oxygen atoms in total. The van der Waals surface area contributed by atoms with E-state index >= 15 is 0 Å². The molecule has 1 aromatic carbocycles. The Labute approximate surface area is 158 Å². The van der Waals surface area contributed by atoms with Crippen molar-refractivity contribution in [2.24, 2.45) is 0 Å². The third kappa shape index (κ3) is 4.76. The van der Waals surface area contributed by atoms with Gasteiger partial charge in [0.15, 0.2) is 0 Å². The molecule has 1 aromatic heterocycles. The van der Waals surface area contributed by atoms with Gasteiger partial charge in [0.05, 0.1) is 0 Å². The van der Waals surface area contributed by atoms with E-state index in [1.807, 2.05) is 53.7 Å². The Morgan fingerprint density at radius 3 is 2.00 bits per heavy atom. The monoisotopic (exact) mass is 372 g/mol. The number of carbonyl (C=O) groups is 1. The quantitative estimate of drug-likeness (QED) is 0.866. The highest BCUT2D eigenvalue weighted by molar-refractivity contribution is 5.77. The Morgan fingerprint density at radius 1 is 1.00 bits per heavy atom. The lowest BCUT2D eigenvalue weighted by Gasteiger charge is -2.28. The number of phenolic OH excluding ortho intramolecular Hbond substituents is 1. The van der Waals surface area contributed by atoms with Crippen LogP contribution in [-0.2, 0) is 17.3 Å². The normalized spacial score (nSPS) is 12.2. The zero-order chi connectivity index (χ0) is 20.6. The highest BCUT2D eigenvalue weighted by atomic mass is 16.3. The molecule has 2 aromatic rings. The van der Waals surface area contributed by atoms with Crippen molar-refractivity contribution >= 4 is 5.91 Å². The summed E-state index contributed by atoms with van der Waals surface area (Å²) in [6.07, 6.45) is 0.465.